The van der Waals surface area contributed by atoms with Gasteiger partial charge in [-0.2, -0.15) is 5.10 Å². The molecule has 2 rings (SSSR count). The van der Waals surface area contributed by atoms with Gasteiger partial charge in [-0.3, -0.25) is 0 Å². The van der Waals surface area contributed by atoms with E-state index in [-0.39, 0.29) is 0 Å². The zero-order chi connectivity index (χ0) is 6.97. The summed E-state index contributed by atoms with van der Waals surface area (Å²) < 4.78 is 2.65. The molecule has 0 saturated heterocycles. The maximum absolute atomic E-state index is 4.09. The van der Waals surface area contributed by atoms with Crippen LogP contribution in [0.2, 0.25) is 0 Å². The molecule has 0 unspecified atom stereocenters. The van der Waals surface area contributed by atoms with Crippen LogP contribution in [-0.2, 0) is 0 Å². The molecule has 2 aromatic heterocycles. The van der Waals surface area contributed by atoms with Gasteiger partial charge in [0.15, 0.2) is 5.65 Å². The fourth-order valence-electron chi connectivity index (χ4n) is 0.787. The fraction of sp³-hybridized carbons (Fsp3) is 0. The predicted molar refractivity (Wildman–Crippen MR) is 40.7 cm³/mol. The number of hydrogen-bond acceptors (Lipinski definition) is 2. The van der Waals surface area contributed by atoms with Crippen molar-refractivity contribution >= 4 is 21.6 Å². The molecule has 2 aromatic rings. The second kappa shape index (κ2) is 2.05. The Morgan fingerprint density at radius 1 is 1.50 bits per heavy atom. The van der Waals surface area contributed by atoms with Crippen molar-refractivity contribution in [2.75, 3.05) is 0 Å². The number of rotatable bonds is 0. The predicted octanol–water partition coefficient (Wildman–Crippen LogP) is 1.49. The van der Waals surface area contributed by atoms with Crippen LogP contribution in [0.3, 0.4) is 0 Å². The Bertz CT molecular complexity index is 355. The first kappa shape index (κ1) is 5.85. The lowest BCUT2D eigenvalue weighted by Gasteiger charge is -1.90. The van der Waals surface area contributed by atoms with Gasteiger partial charge < -0.3 is 0 Å². The van der Waals surface area contributed by atoms with E-state index in [1.165, 1.54) is 0 Å². The number of hydrogen-bond donors (Lipinski definition) is 0. The molecule has 0 N–H and O–H groups in total. The van der Waals surface area contributed by atoms with E-state index in [1.807, 2.05) is 12.3 Å². The largest absolute Gasteiger partial charge is 0.236 e. The third-order valence-electron chi connectivity index (χ3n) is 1.22. The first-order valence-corrected chi connectivity index (χ1v) is 3.60. The van der Waals surface area contributed by atoms with Gasteiger partial charge in [0.1, 0.15) is 0 Å². The molecular weight excluding hydrogens is 194 g/mol. The van der Waals surface area contributed by atoms with Crippen LogP contribution >= 0.6 is 15.9 Å². The SMILES string of the molecule is Brc1cnc2ccnn2c1. The van der Waals surface area contributed by atoms with E-state index in [1.54, 1.807) is 16.9 Å². The van der Waals surface area contributed by atoms with Gasteiger partial charge in [0.05, 0.1) is 10.7 Å². The molecule has 50 valence electrons. The van der Waals surface area contributed by atoms with Crippen LogP contribution in [0.4, 0.5) is 0 Å². The zero-order valence-electron chi connectivity index (χ0n) is 5.03. The van der Waals surface area contributed by atoms with Gasteiger partial charge in [0, 0.05) is 18.5 Å². The summed E-state index contributed by atoms with van der Waals surface area (Å²) in [7, 11) is 0. The van der Waals surface area contributed by atoms with Crippen molar-refractivity contribution < 1.29 is 0 Å². The Labute approximate surface area is 65.8 Å². The summed E-state index contributed by atoms with van der Waals surface area (Å²) in [5.74, 6) is 0. The molecule has 0 saturated carbocycles. The average molecular weight is 198 g/mol. The molecule has 0 atom stereocenters. The lowest BCUT2D eigenvalue weighted by atomic mass is 10.6. The second-order valence-electron chi connectivity index (χ2n) is 1.91. The maximum atomic E-state index is 4.09. The topological polar surface area (TPSA) is 30.2 Å². The first-order valence-electron chi connectivity index (χ1n) is 2.81. The molecule has 3 nitrogen and oxygen atoms in total. The summed E-state index contributed by atoms with van der Waals surface area (Å²) in [5, 5.41) is 4.00. The third-order valence-corrected chi connectivity index (χ3v) is 1.62. The summed E-state index contributed by atoms with van der Waals surface area (Å²) in [5.41, 5.74) is 0.864. The maximum Gasteiger partial charge on any atom is 0.154 e. The van der Waals surface area contributed by atoms with Gasteiger partial charge in [-0.1, -0.05) is 0 Å². The Balaban J connectivity index is 2.86. The van der Waals surface area contributed by atoms with Gasteiger partial charge in [-0.25, -0.2) is 9.50 Å². The Morgan fingerprint density at radius 3 is 3.30 bits per heavy atom. The van der Waals surface area contributed by atoms with E-state index in [0.717, 1.165) is 10.1 Å². The molecule has 0 amide bonds. The van der Waals surface area contributed by atoms with Crippen LogP contribution in [0.5, 0.6) is 0 Å². The van der Waals surface area contributed by atoms with Crippen LogP contribution in [0.15, 0.2) is 29.1 Å². The second-order valence-corrected chi connectivity index (χ2v) is 2.82. The molecular formula is C6H4BrN3. The molecule has 2 heterocycles. The molecule has 4 heteroatoms. The molecule has 0 spiro atoms. The fourth-order valence-corrected chi connectivity index (χ4v) is 1.08. The van der Waals surface area contributed by atoms with Crippen molar-refractivity contribution in [3.05, 3.63) is 29.1 Å². The smallest absolute Gasteiger partial charge is 0.154 e. The number of nitrogens with zero attached hydrogens (tertiary/aromatic N) is 3. The number of halogens is 1. The van der Waals surface area contributed by atoms with Gasteiger partial charge in [0.25, 0.3) is 0 Å². The summed E-state index contributed by atoms with van der Waals surface area (Å²) >= 11 is 3.29. The molecule has 0 aromatic carbocycles. The Morgan fingerprint density at radius 2 is 2.40 bits per heavy atom. The van der Waals surface area contributed by atoms with Gasteiger partial charge in [-0.15, -0.1) is 0 Å². The summed E-state index contributed by atoms with van der Waals surface area (Å²) in [6, 6.07) is 1.85. The quantitative estimate of drug-likeness (QED) is 0.641. The minimum absolute atomic E-state index is 0.864. The summed E-state index contributed by atoms with van der Waals surface area (Å²) in [4.78, 5) is 4.09. The van der Waals surface area contributed by atoms with E-state index in [9.17, 15) is 0 Å². The monoisotopic (exact) mass is 197 g/mol. The standard InChI is InChI=1S/C6H4BrN3/c7-5-3-8-6-1-2-9-10(6)4-5/h1-4H. The normalized spacial score (nSPS) is 10.5. The molecule has 0 aliphatic heterocycles. The Kier molecular flexibility index (Phi) is 1.20. The van der Waals surface area contributed by atoms with Crippen molar-refractivity contribution in [3.8, 4) is 0 Å². The first-order chi connectivity index (χ1) is 4.86. The van der Waals surface area contributed by atoms with Crippen LogP contribution in [0.1, 0.15) is 0 Å². The zero-order valence-corrected chi connectivity index (χ0v) is 6.62. The molecule has 0 radical (unpaired) electrons. The van der Waals surface area contributed by atoms with E-state index < -0.39 is 0 Å². The molecule has 0 aliphatic carbocycles. The highest BCUT2D eigenvalue weighted by Gasteiger charge is 1.92. The van der Waals surface area contributed by atoms with Gasteiger partial charge in [-0.05, 0) is 15.9 Å². The van der Waals surface area contributed by atoms with Crippen molar-refractivity contribution in [2.45, 2.75) is 0 Å². The van der Waals surface area contributed by atoms with Crippen LogP contribution in [0.25, 0.3) is 5.65 Å². The van der Waals surface area contributed by atoms with Gasteiger partial charge >= 0.3 is 0 Å². The minimum atomic E-state index is 0.864. The lowest BCUT2D eigenvalue weighted by molar-refractivity contribution is 0.933. The van der Waals surface area contributed by atoms with Crippen molar-refractivity contribution in [1.29, 1.82) is 0 Å². The van der Waals surface area contributed by atoms with Crippen molar-refractivity contribution in [1.82, 2.24) is 14.6 Å². The van der Waals surface area contributed by atoms with Crippen LogP contribution < -0.4 is 0 Å². The van der Waals surface area contributed by atoms with E-state index >= 15 is 0 Å². The minimum Gasteiger partial charge on any atom is -0.236 e. The van der Waals surface area contributed by atoms with E-state index in [4.69, 9.17) is 0 Å². The van der Waals surface area contributed by atoms with Crippen molar-refractivity contribution in [3.63, 3.8) is 0 Å². The number of fused-ring (bicyclic) bond motifs is 1. The highest BCUT2D eigenvalue weighted by atomic mass is 79.9. The van der Waals surface area contributed by atoms with Gasteiger partial charge in [0.2, 0.25) is 0 Å². The Hall–Kier alpha value is -0.900. The van der Waals surface area contributed by atoms with Crippen LogP contribution in [0, 0.1) is 0 Å². The van der Waals surface area contributed by atoms with E-state index in [2.05, 4.69) is 26.0 Å². The average Bonchev–Trinajstić information content (AvgIpc) is 2.33. The molecule has 0 fully saturated rings. The lowest BCUT2D eigenvalue weighted by Crippen LogP contribution is -1.87. The highest BCUT2D eigenvalue weighted by Crippen LogP contribution is 2.07. The number of aromatic nitrogens is 3. The van der Waals surface area contributed by atoms with Crippen LogP contribution in [-0.4, -0.2) is 14.6 Å². The highest BCUT2D eigenvalue weighted by molar-refractivity contribution is 9.10. The van der Waals surface area contributed by atoms with E-state index in [0.29, 0.717) is 0 Å². The summed E-state index contributed by atoms with van der Waals surface area (Å²) in [6.07, 6.45) is 5.33. The summed E-state index contributed by atoms with van der Waals surface area (Å²) in [6.45, 7) is 0. The van der Waals surface area contributed by atoms with Crippen molar-refractivity contribution in [2.24, 2.45) is 0 Å². The molecule has 0 aliphatic rings. The molecule has 10 heavy (non-hydrogen) atoms. The third kappa shape index (κ3) is 0.806. The molecule has 0 bridgehead atoms.